The first-order valence-electron chi connectivity index (χ1n) is 11.8. The van der Waals surface area contributed by atoms with Crippen LogP contribution in [0.15, 0.2) is 36.1 Å². The van der Waals surface area contributed by atoms with E-state index in [0.29, 0.717) is 18.9 Å². The van der Waals surface area contributed by atoms with E-state index >= 15 is 0 Å². The van der Waals surface area contributed by atoms with Crippen molar-refractivity contribution in [2.45, 2.75) is 69.1 Å². The topological polar surface area (TPSA) is 62.2 Å². The zero-order chi connectivity index (χ0) is 21.4. The Morgan fingerprint density at radius 3 is 2.42 bits per heavy atom. The van der Waals surface area contributed by atoms with Crippen LogP contribution in [0, 0.1) is 0 Å². The third-order valence-electron chi connectivity index (χ3n) is 7.08. The van der Waals surface area contributed by atoms with Crippen molar-refractivity contribution in [2.24, 2.45) is 0 Å². The van der Waals surface area contributed by atoms with Gasteiger partial charge in [-0.2, -0.15) is 0 Å². The maximum atomic E-state index is 12.9. The van der Waals surface area contributed by atoms with E-state index in [4.69, 9.17) is 9.47 Å². The summed E-state index contributed by atoms with van der Waals surface area (Å²) in [5, 5.41) is 9.79. The summed E-state index contributed by atoms with van der Waals surface area (Å²) in [6, 6.07) is 8.47. The Kier molecular flexibility index (Phi) is 5.80. The highest BCUT2D eigenvalue weighted by atomic mass is 16.5. The minimum absolute atomic E-state index is 0.0143. The van der Waals surface area contributed by atoms with Crippen molar-refractivity contribution in [3.8, 4) is 5.75 Å². The number of nitrogens with zero attached hydrogens (tertiary/aromatic N) is 2. The minimum Gasteiger partial charge on any atom is -0.452 e. The quantitative estimate of drug-likeness (QED) is 0.692. The van der Waals surface area contributed by atoms with Gasteiger partial charge in [-0.3, -0.25) is 9.69 Å². The summed E-state index contributed by atoms with van der Waals surface area (Å²) in [7, 11) is 0. The molecule has 3 fully saturated rings. The van der Waals surface area contributed by atoms with Gasteiger partial charge in [0.25, 0.3) is 5.91 Å². The average Bonchev–Trinajstić information content (AvgIpc) is 3.53. The molecule has 0 atom stereocenters. The first-order chi connectivity index (χ1) is 15.0. The number of ether oxygens (including phenoxy) is 2. The van der Waals surface area contributed by atoms with Crippen molar-refractivity contribution in [1.29, 1.82) is 0 Å². The second-order valence-corrected chi connectivity index (χ2v) is 9.98. The van der Waals surface area contributed by atoms with Gasteiger partial charge in [0.15, 0.2) is 5.76 Å². The first-order valence-corrected chi connectivity index (χ1v) is 11.8. The second kappa shape index (κ2) is 8.57. The molecule has 2 aliphatic heterocycles. The molecule has 6 heteroatoms. The number of amides is 1. The highest BCUT2D eigenvalue weighted by Gasteiger charge is 2.37. The molecule has 1 aromatic carbocycles. The van der Waals surface area contributed by atoms with Crippen molar-refractivity contribution in [3.05, 3.63) is 41.7 Å². The third-order valence-corrected chi connectivity index (χ3v) is 7.08. The maximum absolute atomic E-state index is 12.9. The van der Waals surface area contributed by atoms with Crippen LogP contribution in [0.3, 0.4) is 0 Å². The lowest BCUT2D eigenvalue weighted by Crippen LogP contribution is -2.60. The maximum Gasteiger partial charge on any atom is 0.289 e. The number of carbonyl (C=O) groups is 1. The van der Waals surface area contributed by atoms with Crippen LogP contribution in [0.4, 0.5) is 0 Å². The number of rotatable bonds is 8. The summed E-state index contributed by atoms with van der Waals surface area (Å²) in [6.07, 6.45) is 8.71. The third kappa shape index (κ3) is 4.97. The fourth-order valence-corrected chi connectivity index (χ4v) is 5.19. The Hall–Kier alpha value is -1.89. The van der Waals surface area contributed by atoms with E-state index in [1.54, 1.807) is 0 Å². The van der Waals surface area contributed by atoms with Crippen LogP contribution < -0.4 is 4.74 Å². The summed E-state index contributed by atoms with van der Waals surface area (Å²) < 4.78 is 12.0. The lowest BCUT2D eigenvalue weighted by atomic mass is 9.92. The highest BCUT2D eigenvalue weighted by Crippen LogP contribution is 2.40. The molecule has 0 unspecified atom stereocenters. The van der Waals surface area contributed by atoms with E-state index in [1.165, 1.54) is 18.4 Å². The molecule has 4 aliphatic rings. The van der Waals surface area contributed by atoms with Gasteiger partial charge in [-0.1, -0.05) is 12.1 Å². The number of hydrogen-bond donors (Lipinski definition) is 1. The number of likely N-dealkylation sites (tertiary alicyclic amines) is 1. The van der Waals surface area contributed by atoms with Crippen LogP contribution in [0.2, 0.25) is 0 Å². The van der Waals surface area contributed by atoms with E-state index < -0.39 is 5.60 Å². The minimum atomic E-state index is -0.517. The van der Waals surface area contributed by atoms with Crippen molar-refractivity contribution >= 4 is 5.91 Å². The largest absolute Gasteiger partial charge is 0.452 e. The van der Waals surface area contributed by atoms with Gasteiger partial charge < -0.3 is 19.5 Å². The number of carbonyl (C=O) groups excluding carboxylic acids is 1. The van der Waals surface area contributed by atoms with E-state index in [0.717, 1.165) is 57.0 Å². The van der Waals surface area contributed by atoms with Crippen molar-refractivity contribution in [2.75, 3.05) is 32.8 Å². The van der Waals surface area contributed by atoms with Crippen molar-refractivity contribution in [1.82, 2.24) is 9.80 Å². The predicted octanol–water partition coefficient (Wildman–Crippen LogP) is 3.06. The zero-order valence-electron chi connectivity index (χ0n) is 18.5. The molecule has 0 bridgehead atoms. The van der Waals surface area contributed by atoms with Crippen molar-refractivity contribution < 1.29 is 19.4 Å². The van der Waals surface area contributed by atoms with Crippen LogP contribution in [0.25, 0.3) is 0 Å². The molecule has 0 spiro atoms. The Morgan fingerprint density at radius 1 is 1.06 bits per heavy atom. The molecule has 0 radical (unpaired) electrons. The Labute approximate surface area is 184 Å². The molecule has 6 nitrogen and oxygen atoms in total. The van der Waals surface area contributed by atoms with E-state index in [1.807, 2.05) is 30.0 Å². The molecule has 2 heterocycles. The molecule has 1 saturated heterocycles. The fourth-order valence-electron chi connectivity index (χ4n) is 5.19. The first kappa shape index (κ1) is 21.0. The second-order valence-electron chi connectivity index (χ2n) is 9.98. The molecule has 1 aromatic rings. The van der Waals surface area contributed by atoms with Gasteiger partial charge >= 0.3 is 0 Å². The van der Waals surface area contributed by atoms with Crippen molar-refractivity contribution in [3.63, 3.8) is 0 Å². The molecule has 0 aromatic heterocycles. The van der Waals surface area contributed by atoms with Crippen LogP contribution in [-0.2, 0) is 9.53 Å². The van der Waals surface area contributed by atoms with Crippen LogP contribution in [-0.4, -0.2) is 71.3 Å². The Bertz CT molecular complexity index is 814. The van der Waals surface area contributed by atoms with E-state index in [9.17, 15) is 9.90 Å². The summed E-state index contributed by atoms with van der Waals surface area (Å²) in [6.45, 7) is 5.59. The van der Waals surface area contributed by atoms with Gasteiger partial charge in [-0.15, -0.1) is 0 Å². The molecule has 168 valence electrons. The average molecular weight is 427 g/mol. The van der Waals surface area contributed by atoms with Crippen LogP contribution >= 0.6 is 0 Å². The molecule has 5 rings (SSSR count). The standard InChI is InChI=1S/C25H34N2O4/c1-25(29)16-26(17-25)14-15-30-21-10-6-20(7-11-21)27-13-12-23(24(27)28)31-22-8-4-19(5-9-22)18-2-3-18/h4-5,8-9,12,18,20-21,29H,2-3,6-7,10-11,13-17H2,1H3. The Morgan fingerprint density at radius 2 is 1.77 bits per heavy atom. The Balaban J connectivity index is 1.03. The van der Waals surface area contributed by atoms with E-state index in [2.05, 4.69) is 17.0 Å². The highest BCUT2D eigenvalue weighted by molar-refractivity contribution is 5.94. The summed E-state index contributed by atoms with van der Waals surface area (Å²) in [4.78, 5) is 17.1. The normalized spacial score (nSPS) is 28.4. The number of hydrogen-bond acceptors (Lipinski definition) is 5. The SMILES string of the molecule is CC1(O)CN(CCOC2CCC(N3CC=C(Oc4ccc(C5CC5)cc4)C3=O)CC2)C1. The smallest absolute Gasteiger partial charge is 0.289 e. The van der Waals surface area contributed by atoms with Crippen LogP contribution in [0.5, 0.6) is 5.75 Å². The van der Waals surface area contributed by atoms with Gasteiger partial charge in [0.1, 0.15) is 5.75 Å². The van der Waals surface area contributed by atoms with Gasteiger partial charge in [0.05, 0.1) is 18.3 Å². The number of aliphatic hydroxyl groups is 1. The summed E-state index contributed by atoms with van der Waals surface area (Å²) in [5.41, 5.74) is 0.855. The molecule has 2 saturated carbocycles. The zero-order valence-corrected chi connectivity index (χ0v) is 18.5. The summed E-state index contributed by atoms with van der Waals surface area (Å²) >= 11 is 0. The van der Waals surface area contributed by atoms with E-state index in [-0.39, 0.29) is 18.1 Å². The fraction of sp³-hybridized carbons (Fsp3) is 0.640. The van der Waals surface area contributed by atoms with Gasteiger partial charge in [0.2, 0.25) is 0 Å². The van der Waals surface area contributed by atoms with Gasteiger partial charge in [-0.05, 0) is 75.1 Å². The summed E-state index contributed by atoms with van der Waals surface area (Å²) in [5.74, 6) is 1.94. The lowest BCUT2D eigenvalue weighted by molar-refractivity contribution is -0.131. The van der Waals surface area contributed by atoms with Crippen LogP contribution in [0.1, 0.15) is 56.9 Å². The molecule has 1 amide bonds. The number of benzene rings is 1. The molecule has 2 aliphatic carbocycles. The molecule has 31 heavy (non-hydrogen) atoms. The number of β-amino-alcohol motifs (C(OH)–C–C–N with tert-alkyl or cyclic N) is 1. The molecular formula is C25H34N2O4. The predicted molar refractivity (Wildman–Crippen MR) is 118 cm³/mol. The van der Waals surface area contributed by atoms with Gasteiger partial charge in [-0.25, -0.2) is 0 Å². The lowest BCUT2D eigenvalue weighted by Gasteiger charge is -2.44. The molecular weight excluding hydrogens is 392 g/mol. The molecule has 1 N–H and O–H groups in total. The van der Waals surface area contributed by atoms with Gasteiger partial charge in [0, 0.05) is 32.2 Å². The monoisotopic (exact) mass is 426 g/mol.